The summed E-state index contributed by atoms with van der Waals surface area (Å²) in [6, 6.07) is 0. The lowest BCUT2D eigenvalue weighted by Crippen LogP contribution is -2.37. The van der Waals surface area contributed by atoms with Gasteiger partial charge in [0.25, 0.3) is 0 Å². The largest absolute Gasteiger partial charge is 0.385 e. The van der Waals surface area contributed by atoms with Crippen molar-refractivity contribution in [1.29, 1.82) is 0 Å². The molecule has 2 N–H and O–H groups in total. The van der Waals surface area contributed by atoms with Gasteiger partial charge in [-0.15, -0.1) is 0 Å². The Morgan fingerprint density at radius 3 is 2.92 bits per heavy atom. The maximum Gasteiger partial charge on any atom is 0.233 e. The van der Waals surface area contributed by atoms with Crippen LogP contribution in [0.1, 0.15) is 6.42 Å². The predicted molar refractivity (Wildman–Crippen MR) is 42.3 cm³/mol. The van der Waals surface area contributed by atoms with Gasteiger partial charge in [0.2, 0.25) is 11.8 Å². The summed E-state index contributed by atoms with van der Waals surface area (Å²) in [6.07, 6.45) is 4.04. The molecule has 2 aliphatic carbocycles. The lowest BCUT2D eigenvalue weighted by atomic mass is 9.83. The number of hydrogen-bond donors (Lipinski definition) is 2. The van der Waals surface area contributed by atoms with E-state index in [0.717, 1.165) is 0 Å². The minimum absolute atomic E-state index is 0.0569. The van der Waals surface area contributed by atoms with E-state index in [2.05, 4.69) is 5.32 Å². The van der Waals surface area contributed by atoms with Crippen molar-refractivity contribution in [3.63, 3.8) is 0 Å². The first-order valence-electron chi connectivity index (χ1n) is 4.38. The van der Waals surface area contributed by atoms with E-state index in [1.807, 2.05) is 6.08 Å². The summed E-state index contributed by atoms with van der Waals surface area (Å²) in [5.41, 5.74) is -1.05. The van der Waals surface area contributed by atoms with Gasteiger partial charge in [0.05, 0.1) is 17.4 Å². The smallest absolute Gasteiger partial charge is 0.233 e. The van der Waals surface area contributed by atoms with Crippen molar-refractivity contribution in [2.75, 3.05) is 0 Å². The van der Waals surface area contributed by atoms with Gasteiger partial charge in [-0.25, -0.2) is 0 Å². The predicted octanol–water partition coefficient (Wildman–Crippen LogP) is -0.804. The highest BCUT2D eigenvalue weighted by Gasteiger charge is 2.63. The number of aliphatic hydroxyl groups is 1. The molecule has 3 aliphatic rings. The van der Waals surface area contributed by atoms with E-state index in [0.29, 0.717) is 6.42 Å². The maximum atomic E-state index is 11.3. The van der Waals surface area contributed by atoms with Crippen LogP contribution in [0.5, 0.6) is 0 Å². The molecule has 1 saturated carbocycles. The van der Waals surface area contributed by atoms with Gasteiger partial charge in [0.15, 0.2) is 0 Å². The summed E-state index contributed by atoms with van der Waals surface area (Å²) in [5.74, 6) is -1.33. The third-order valence-corrected chi connectivity index (χ3v) is 3.39. The Balaban J connectivity index is 2.13. The van der Waals surface area contributed by atoms with E-state index < -0.39 is 11.5 Å². The first-order valence-corrected chi connectivity index (χ1v) is 4.38. The fourth-order valence-electron chi connectivity index (χ4n) is 2.86. The molecule has 1 aliphatic heterocycles. The molecule has 3 rings (SSSR count). The zero-order chi connectivity index (χ0) is 9.22. The number of nitrogens with one attached hydrogen (secondary N) is 1. The van der Waals surface area contributed by atoms with E-state index in [4.69, 9.17) is 0 Å². The molecule has 0 aromatic heterocycles. The van der Waals surface area contributed by atoms with Crippen molar-refractivity contribution in [2.24, 2.45) is 17.8 Å². The molecule has 0 radical (unpaired) electrons. The SMILES string of the molecule is O=C1NC(=O)C2C1C1C=CC2(O)C1. The molecular weight excluding hydrogens is 170 g/mol. The van der Waals surface area contributed by atoms with Crippen LogP contribution in [0.15, 0.2) is 12.2 Å². The van der Waals surface area contributed by atoms with Crippen molar-refractivity contribution < 1.29 is 14.7 Å². The Bertz CT molecular complexity index is 349. The zero-order valence-electron chi connectivity index (χ0n) is 6.86. The number of amides is 2. The highest BCUT2D eigenvalue weighted by molar-refractivity contribution is 6.07. The van der Waals surface area contributed by atoms with E-state index >= 15 is 0 Å². The number of rotatable bonds is 0. The third-order valence-electron chi connectivity index (χ3n) is 3.39. The number of carbonyl (C=O) groups excluding carboxylic acids is 2. The molecular formula is C9H9NO3. The van der Waals surface area contributed by atoms with Gasteiger partial charge in [-0.2, -0.15) is 0 Å². The van der Waals surface area contributed by atoms with Crippen molar-refractivity contribution in [3.05, 3.63) is 12.2 Å². The second kappa shape index (κ2) is 1.85. The molecule has 1 heterocycles. The monoisotopic (exact) mass is 179 g/mol. The summed E-state index contributed by atoms with van der Waals surface area (Å²) in [5, 5.41) is 12.3. The van der Waals surface area contributed by atoms with E-state index in [9.17, 15) is 14.7 Å². The normalized spacial score (nSPS) is 51.3. The first-order chi connectivity index (χ1) is 6.12. The quantitative estimate of drug-likeness (QED) is 0.378. The summed E-state index contributed by atoms with van der Waals surface area (Å²) in [7, 11) is 0. The molecule has 2 amide bonds. The van der Waals surface area contributed by atoms with E-state index in [1.165, 1.54) is 0 Å². The van der Waals surface area contributed by atoms with Crippen LogP contribution in [-0.2, 0) is 9.59 Å². The Hall–Kier alpha value is -1.16. The molecule has 1 saturated heterocycles. The number of fused-ring (bicyclic) bond motifs is 5. The van der Waals surface area contributed by atoms with E-state index in [1.54, 1.807) is 6.08 Å². The molecule has 4 unspecified atom stereocenters. The lowest BCUT2D eigenvalue weighted by molar-refractivity contribution is -0.128. The molecule has 2 bridgehead atoms. The molecule has 0 spiro atoms. The second-order valence-corrected chi connectivity index (χ2v) is 4.08. The molecule has 4 atom stereocenters. The zero-order valence-corrected chi connectivity index (χ0v) is 6.86. The van der Waals surface area contributed by atoms with Crippen LogP contribution >= 0.6 is 0 Å². The second-order valence-electron chi connectivity index (χ2n) is 4.08. The summed E-state index contributed by atoms with van der Waals surface area (Å²) >= 11 is 0. The van der Waals surface area contributed by atoms with Gasteiger partial charge in [-0.1, -0.05) is 12.2 Å². The van der Waals surface area contributed by atoms with Crippen LogP contribution in [0.25, 0.3) is 0 Å². The van der Waals surface area contributed by atoms with Crippen molar-refractivity contribution in [2.45, 2.75) is 12.0 Å². The minimum Gasteiger partial charge on any atom is -0.385 e. The van der Waals surface area contributed by atoms with Crippen molar-refractivity contribution >= 4 is 11.8 Å². The van der Waals surface area contributed by atoms with Gasteiger partial charge >= 0.3 is 0 Å². The van der Waals surface area contributed by atoms with Crippen LogP contribution in [0.3, 0.4) is 0 Å². The topological polar surface area (TPSA) is 66.4 Å². The minimum atomic E-state index is -1.05. The molecule has 2 fully saturated rings. The Morgan fingerprint density at radius 2 is 2.23 bits per heavy atom. The molecule has 4 nitrogen and oxygen atoms in total. The van der Waals surface area contributed by atoms with E-state index in [-0.39, 0.29) is 23.7 Å². The van der Waals surface area contributed by atoms with Crippen molar-refractivity contribution in [3.8, 4) is 0 Å². The Labute approximate surface area is 74.6 Å². The average Bonchev–Trinajstić information content (AvgIpc) is 2.62. The third kappa shape index (κ3) is 0.659. The van der Waals surface area contributed by atoms with Gasteiger partial charge in [0.1, 0.15) is 0 Å². The number of carbonyl (C=O) groups is 2. The Kier molecular flexibility index (Phi) is 1.03. The van der Waals surface area contributed by atoms with Crippen LogP contribution in [0.2, 0.25) is 0 Å². The van der Waals surface area contributed by atoms with Crippen LogP contribution in [0.4, 0.5) is 0 Å². The van der Waals surface area contributed by atoms with Crippen LogP contribution < -0.4 is 5.32 Å². The average molecular weight is 179 g/mol. The Morgan fingerprint density at radius 1 is 1.46 bits per heavy atom. The highest BCUT2D eigenvalue weighted by Crippen LogP contribution is 2.52. The number of imide groups is 1. The molecule has 0 aromatic carbocycles. The summed E-state index contributed by atoms with van der Waals surface area (Å²) in [4.78, 5) is 22.7. The maximum absolute atomic E-state index is 11.3. The summed E-state index contributed by atoms with van der Waals surface area (Å²) < 4.78 is 0. The van der Waals surface area contributed by atoms with Gasteiger partial charge in [-0.3, -0.25) is 14.9 Å². The molecule has 0 aromatic rings. The van der Waals surface area contributed by atoms with Crippen molar-refractivity contribution in [1.82, 2.24) is 5.32 Å². The lowest BCUT2D eigenvalue weighted by Gasteiger charge is -2.23. The summed E-state index contributed by atoms with van der Waals surface area (Å²) in [6.45, 7) is 0. The molecule has 13 heavy (non-hydrogen) atoms. The van der Waals surface area contributed by atoms with Gasteiger partial charge in [0, 0.05) is 0 Å². The van der Waals surface area contributed by atoms with Crippen LogP contribution in [0, 0.1) is 17.8 Å². The fourth-order valence-corrected chi connectivity index (χ4v) is 2.86. The highest BCUT2D eigenvalue weighted by atomic mass is 16.3. The molecule has 68 valence electrons. The van der Waals surface area contributed by atoms with Gasteiger partial charge in [-0.05, 0) is 12.3 Å². The van der Waals surface area contributed by atoms with Gasteiger partial charge < -0.3 is 5.11 Å². The number of allylic oxidation sites excluding steroid dienone is 1. The first kappa shape index (κ1) is 7.26. The fraction of sp³-hybridized carbons (Fsp3) is 0.556. The number of hydrogen-bond acceptors (Lipinski definition) is 3. The standard InChI is InChI=1S/C9H9NO3/c11-7-5-4-1-2-9(13,3-4)6(5)8(12)10-7/h1-2,4-6,13H,3H2,(H,10,11,12). The molecule has 4 heteroatoms. The van der Waals surface area contributed by atoms with Crippen LogP contribution in [-0.4, -0.2) is 22.5 Å².